The molecule has 3 heteroatoms. The van der Waals surface area contributed by atoms with E-state index in [2.05, 4.69) is 41.6 Å². The molecule has 1 saturated heterocycles. The Bertz CT molecular complexity index is 438. The van der Waals surface area contributed by atoms with Crippen molar-refractivity contribution in [2.45, 2.75) is 46.1 Å². The van der Waals surface area contributed by atoms with Gasteiger partial charge in [-0.3, -0.25) is 4.90 Å². The molecule has 0 spiro atoms. The smallest absolute Gasteiger partial charge is 0.120 e. The van der Waals surface area contributed by atoms with Crippen LogP contribution in [-0.2, 0) is 0 Å². The van der Waals surface area contributed by atoms with Crippen LogP contribution in [0.3, 0.4) is 0 Å². The zero-order chi connectivity index (χ0) is 14.0. The lowest BCUT2D eigenvalue weighted by Gasteiger charge is -2.41. The summed E-state index contributed by atoms with van der Waals surface area (Å²) in [5.41, 5.74) is 1.53. The van der Waals surface area contributed by atoms with E-state index in [1.54, 1.807) is 6.07 Å². The highest BCUT2D eigenvalue weighted by Gasteiger charge is 2.31. The number of phenols is 1. The van der Waals surface area contributed by atoms with Crippen molar-refractivity contribution in [1.82, 2.24) is 4.90 Å². The van der Waals surface area contributed by atoms with Gasteiger partial charge >= 0.3 is 0 Å². The first-order valence-corrected chi connectivity index (χ1v) is 7.97. The van der Waals surface area contributed by atoms with Crippen LogP contribution in [0.4, 0.5) is 0 Å². The molecule has 106 valence electrons. The molecule has 1 unspecified atom stereocenters. The maximum absolute atomic E-state index is 10.0. The molecule has 2 rings (SSSR count). The minimum absolute atomic E-state index is 0.277. The second kappa shape index (κ2) is 5.84. The Labute approximate surface area is 124 Å². The van der Waals surface area contributed by atoms with Crippen molar-refractivity contribution < 1.29 is 5.11 Å². The Morgan fingerprint density at radius 3 is 2.58 bits per heavy atom. The maximum atomic E-state index is 10.0. The standard InChI is InChI=1S/C16H24BrNO/c1-4-16(3)7-9-18(10-8-16)12(2)14-11-13(17)5-6-15(14)19/h5-6,11-12,19H,4,7-10H2,1-3H3. The molecule has 0 aromatic heterocycles. The van der Waals surface area contributed by atoms with Gasteiger partial charge in [0.15, 0.2) is 0 Å². The molecule has 0 saturated carbocycles. The average Bonchev–Trinajstić information content (AvgIpc) is 2.42. The molecule has 1 atom stereocenters. The monoisotopic (exact) mass is 325 g/mol. The van der Waals surface area contributed by atoms with Crippen LogP contribution in [0.25, 0.3) is 0 Å². The van der Waals surface area contributed by atoms with Crippen molar-refractivity contribution in [2.24, 2.45) is 5.41 Å². The van der Waals surface area contributed by atoms with E-state index < -0.39 is 0 Å². The molecule has 0 aliphatic carbocycles. The Hall–Kier alpha value is -0.540. The molecule has 0 radical (unpaired) electrons. The number of hydrogen-bond acceptors (Lipinski definition) is 2. The zero-order valence-electron chi connectivity index (χ0n) is 12.1. The first-order chi connectivity index (χ1) is 8.95. The Kier molecular flexibility index (Phi) is 4.57. The van der Waals surface area contributed by atoms with Crippen molar-refractivity contribution in [3.05, 3.63) is 28.2 Å². The van der Waals surface area contributed by atoms with E-state index in [4.69, 9.17) is 0 Å². The second-order valence-electron chi connectivity index (χ2n) is 6.08. The van der Waals surface area contributed by atoms with Gasteiger partial charge < -0.3 is 5.11 Å². The Balaban J connectivity index is 2.09. The number of rotatable bonds is 3. The van der Waals surface area contributed by atoms with Gasteiger partial charge in [0.2, 0.25) is 0 Å². The molecule has 0 amide bonds. The number of piperidine rings is 1. The van der Waals surface area contributed by atoms with Crippen molar-refractivity contribution in [2.75, 3.05) is 13.1 Å². The highest BCUT2D eigenvalue weighted by atomic mass is 79.9. The molecule has 2 nitrogen and oxygen atoms in total. The van der Waals surface area contributed by atoms with Crippen LogP contribution in [0.1, 0.15) is 51.6 Å². The third kappa shape index (κ3) is 3.32. The lowest BCUT2D eigenvalue weighted by molar-refractivity contribution is 0.0855. The molecule has 1 aliphatic rings. The third-order valence-electron chi connectivity index (χ3n) is 4.85. The number of nitrogens with zero attached hydrogens (tertiary/aromatic N) is 1. The topological polar surface area (TPSA) is 23.5 Å². The van der Waals surface area contributed by atoms with Gasteiger partial charge in [0, 0.05) is 16.1 Å². The largest absolute Gasteiger partial charge is 0.508 e. The first-order valence-electron chi connectivity index (χ1n) is 7.18. The lowest BCUT2D eigenvalue weighted by atomic mass is 9.78. The predicted molar refractivity (Wildman–Crippen MR) is 83.4 cm³/mol. The summed E-state index contributed by atoms with van der Waals surface area (Å²) in [6, 6.07) is 5.97. The molecule has 19 heavy (non-hydrogen) atoms. The van der Waals surface area contributed by atoms with Crippen LogP contribution in [0, 0.1) is 5.41 Å². The Morgan fingerprint density at radius 1 is 1.37 bits per heavy atom. The Morgan fingerprint density at radius 2 is 2.00 bits per heavy atom. The molecule has 1 N–H and O–H groups in total. The summed E-state index contributed by atoms with van der Waals surface area (Å²) < 4.78 is 1.03. The van der Waals surface area contributed by atoms with Crippen LogP contribution in [-0.4, -0.2) is 23.1 Å². The second-order valence-corrected chi connectivity index (χ2v) is 6.99. The van der Waals surface area contributed by atoms with Crippen molar-refractivity contribution >= 4 is 15.9 Å². The molecule has 1 aromatic rings. The van der Waals surface area contributed by atoms with Gasteiger partial charge in [-0.1, -0.05) is 36.2 Å². The molecule has 1 fully saturated rings. The predicted octanol–water partition coefficient (Wildman–Crippen LogP) is 4.73. The van der Waals surface area contributed by atoms with E-state index in [1.807, 2.05) is 12.1 Å². The van der Waals surface area contributed by atoms with Gasteiger partial charge in [-0.15, -0.1) is 0 Å². The summed E-state index contributed by atoms with van der Waals surface area (Å²) in [4.78, 5) is 2.49. The van der Waals surface area contributed by atoms with Crippen LogP contribution < -0.4 is 0 Å². The van der Waals surface area contributed by atoms with Crippen LogP contribution in [0.5, 0.6) is 5.75 Å². The fraction of sp³-hybridized carbons (Fsp3) is 0.625. The van der Waals surface area contributed by atoms with E-state index in [-0.39, 0.29) is 6.04 Å². The van der Waals surface area contributed by atoms with Crippen molar-refractivity contribution in [3.8, 4) is 5.75 Å². The molecule has 1 heterocycles. The fourth-order valence-electron chi connectivity index (χ4n) is 2.86. The number of halogens is 1. The summed E-state index contributed by atoms with van der Waals surface area (Å²) in [5, 5.41) is 10.0. The SMILES string of the molecule is CCC1(C)CCN(C(C)c2cc(Br)ccc2O)CC1. The normalized spacial score (nSPS) is 21.3. The molecule has 1 aromatic carbocycles. The average molecular weight is 326 g/mol. The highest BCUT2D eigenvalue weighted by Crippen LogP contribution is 2.38. The molecular weight excluding hydrogens is 302 g/mol. The summed E-state index contributed by atoms with van der Waals surface area (Å²) >= 11 is 3.49. The zero-order valence-corrected chi connectivity index (χ0v) is 13.7. The minimum Gasteiger partial charge on any atom is -0.508 e. The van der Waals surface area contributed by atoms with Gasteiger partial charge in [-0.2, -0.15) is 0 Å². The fourth-order valence-corrected chi connectivity index (χ4v) is 3.24. The summed E-state index contributed by atoms with van der Waals surface area (Å²) in [7, 11) is 0. The van der Waals surface area contributed by atoms with E-state index in [0.717, 1.165) is 23.1 Å². The van der Waals surface area contributed by atoms with Gasteiger partial charge in [-0.25, -0.2) is 0 Å². The lowest BCUT2D eigenvalue weighted by Crippen LogP contribution is -2.39. The number of aromatic hydroxyl groups is 1. The molecule has 1 aliphatic heterocycles. The minimum atomic E-state index is 0.277. The quantitative estimate of drug-likeness (QED) is 0.868. The number of hydrogen-bond donors (Lipinski definition) is 1. The number of phenolic OH excluding ortho intramolecular Hbond substituents is 1. The van der Waals surface area contributed by atoms with E-state index in [1.165, 1.54) is 19.3 Å². The van der Waals surface area contributed by atoms with Crippen molar-refractivity contribution in [1.29, 1.82) is 0 Å². The summed E-state index contributed by atoms with van der Waals surface area (Å²) in [6.07, 6.45) is 3.77. The molecular formula is C16H24BrNO. The van der Waals surface area contributed by atoms with Gasteiger partial charge in [0.25, 0.3) is 0 Å². The maximum Gasteiger partial charge on any atom is 0.120 e. The van der Waals surface area contributed by atoms with E-state index in [0.29, 0.717) is 11.2 Å². The summed E-state index contributed by atoms with van der Waals surface area (Å²) in [5.74, 6) is 0.402. The van der Waals surface area contributed by atoms with Crippen LogP contribution in [0.15, 0.2) is 22.7 Å². The van der Waals surface area contributed by atoms with Crippen LogP contribution in [0.2, 0.25) is 0 Å². The third-order valence-corrected chi connectivity index (χ3v) is 5.34. The first kappa shape index (κ1) is 14.9. The van der Waals surface area contributed by atoms with E-state index in [9.17, 15) is 5.11 Å². The van der Waals surface area contributed by atoms with Gasteiger partial charge in [-0.05, 0) is 56.5 Å². The molecule has 0 bridgehead atoms. The van der Waals surface area contributed by atoms with Gasteiger partial charge in [0.1, 0.15) is 5.75 Å². The highest BCUT2D eigenvalue weighted by molar-refractivity contribution is 9.10. The van der Waals surface area contributed by atoms with Crippen molar-refractivity contribution in [3.63, 3.8) is 0 Å². The number of benzene rings is 1. The summed E-state index contributed by atoms with van der Waals surface area (Å²) in [6.45, 7) is 9.12. The van der Waals surface area contributed by atoms with E-state index >= 15 is 0 Å². The van der Waals surface area contributed by atoms with Crippen LogP contribution >= 0.6 is 15.9 Å². The number of likely N-dealkylation sites (tertiary alicyclic amines) is 1. The van der Waals surface area contributed by atoms with Gasteiger partial charge in [0.05, 0.1) is 0 Å².